The standard InChI is InChI=1S/C14H26N2O3/c1-9(2)14(10(3)17)15-13(19)8-16(4)7-11-5-12(18)6-11/h9,11-12,14,18H,5-8H2,1-4H3,(H,15,19). The summed E-state index contributed by atoms with van der Waals surface area (Å²) >= 11 is 0. The quantitative estimate of drug-likeness (QED) is 0.703. The average Bonchev–Trinajstić information content (AvgIpc) is 2.22. The Bertz CT molecular complexity index is 325. The Labute approximate surface area is 115 Å². The van der Waals surface area contributed by atoms with Crippen molar-refractivity contribution in [1.29, 1.82) is 0 Å². The Balaban J connectivity index is 2.31. The van der Waals surface area contributed by atoms with Crippen molar-refractivity contribution in [2.75, 3.05) is 20.1 Å². The number of likely N-dealkylation sites (N-methyl/N-ethyl adjacent to an activating group) is 1. The molecule has 5 nitrogen and oxygen atoms in total. The van der Waals surface area contributed by atoms with Crippen LogP contribution in [-0.4, -0.2) is 54.0 Å². The summed E-state index contributed by atoms with van der Waals surface area (Å²) in [5.74, 6) is 0.472. The molecular formula is C14H26N2O3. The molecule has 1 unspecified atom stereocenters. The molecule has 1 rings (SSSR count). The third kappa shape index (κ3) is 5.28. The first-order chi connectivity index (χ1) is 8.79. The van der Waals surface area contributed by atoms with Gasteiger partial charge in [0.2, 0.25) is 5.91 Å². The van der Waals surface area contributed by atoms with Crippen molar-refractivity contribution < 1.29 is 14.7 Å². The molecule has 0 aromatic rings. The summed E-state index contributed by atoms with van der Waals surface area (Å²) in [6.07, 6.45) is 1.50. The Hall–Kier alpha value is -0.940. The fraction of sp³-hybridized carbons (Fsp3) is 0.857. The molecule has 1 atom stereocenters. The van der Waals surface area contributed by atoms with E-state index in [0.717, 1.165) is 19.4 Å². The van der Waals surface area contributed by atoms with Crippen molar-refractivity contribution in [1.82, 2.24) is 10.2 Å². The Morgan fingerprint density at radius 3 is 2.37 bits per heavy atom. The van der Waals surface area contributed by atoms with Crippen LogP contribution in [0, 0.1) is 11.8 Å². The molecule has 19 heavy (non-hydrogen) atoms. The molecule has 0 aromatic carbocycles. The predicted molar refractivity (Wildman–Crippen MR) is 73.7 cm³/mol. The molecule has 0 aromatic heterocycles. The predicted octanol–water partition coefficient (Wildman–Crippen LogP) is 0.419. The fourth-order valence-corrected chi connectivity index (χ4v) is 2.56. The summed E-state index contributed by atoms with van der Waals surface area (Å²) in [6.45, 7) is 6.46. The first-order valence-corrected chi connectivity index (χ1v) is 6.96. The van der Waals surface area contributed by atoms with Gasteiger partial charge >= 0.3 is 0 Å². The van der Waals surface area contributed by atoms with Crippen molar-refractivity contribution in [2.24, 2.45) is 11.8 Å². The van der Waals surface area contributed by atoms with E-state index in [9.17, 15) is 14.7 Å². The third-order valence-corrected chi connectivity index (χ3v) is 3.62. The van der Waals surface area contributed by atoms with Gasteiger partial charge in [-0.15, -0.1) is 0 Å². The molecule has 1 aliphatic carbocycles. The minimum atomic E-state index is -0.397. The first kappa shape index (κ1) is 16.1. The fourth-order valence-electron chi connectivity index (χ4n) is 2.56. The zero-order chi connectivity index (χ0) is 14.6. The molecule has 0 radical (unpaired) electrons. The number of aliphatic hydroxyl groups excluding tert-OH is 1. The van der Waals surface area contributed by atoms with Crippen LogP contribution < -0.4 is 5.32 Å². The normalized spacial score (nSPS) is 24.2. The lowest BCUT2D eigenvalue weighted by Crippen LogP contribution is -2.48. The van der Waals surface area contributed by atoms with Crippen molar-refractivity contribution >= 4 is 11.7 Å². The van der Waals surface area contributed by atoms with E-state index >= 15 is 0 Å². The van der Waals surface area contributed by atoms with Gasteiger partial charge in [-0.1, -0.05) is 13.8 Å². The van der Waals surface area contributed by atoms with Gasteiger partial charge in [0.15, 0.2) is 5.78 Å². The SMILES string of the molecule is CC(=O)C(NC(=O)CN(C)CC1CC(O)C1)C(C)C. The molecule has 5 heteroatoms. The Kier molecular flexibility index (Phi) is 5.94. The molecule has 0 saturated heterocycles. The van der Waals surface area contributed by atoms with Gasteiger partial charge in [-0.2, -0.15) is 0 Å². The second-order valence-corrected chi connectivity index (χ2v) is 6.09. The van der Waals surface area contributed by atoms with Crippen LogP contribution in [0.25, 0.3) is 0 Å². The number of ketones is 1. The Morgan fingerprint density at radius 2 is 1.95 bits per heavy atom. The molecule has 2 N–H and O–H groups in total. The first-order valence-electron chi connectivity index (χ1n) is 6.96. The lowest BCUT2D eigenvalue weighted by Gasteiger charge is -2.34. The van der Waals surface area contributed by atoms with E-state index in [-0.39, 0.29) is 23.7 Å². The minimum absolute atomic E-state index is 0.00637. The van der Waals surface area contributed by atoms with E-state index in [1.165, 1.54) is 6.92 Å². The van der Waals surface area contributed by atoms with Crippen LogP contribution in [-0.2, 0) is 9.59 Å². The summed E-state index contributed by atoms with van der Waals surface area (Å²) in [7, 11) is 1.89. The number of aliphatic hydroxyl groups is 1. The number of amides is 1. The second kappa shape index (κ2) is 7.01. The minimum Gasteiger partial charge on any atom is -0.393 e. The summed E-state index contributed by atoms with van der Waals surface area (Å²) in [4.78, 5) is 25.2. The monoisotopic (exact) mass is 270 g/mol. The zero-order valence-electron chi connectivity index (χ0n) is 12.3. The number of carbonyl (C=O) groups is 2. The van der Waals surface area contributed by atoms with Gasteiger partial charge < -0.3 is 10.4 Å². The van der Waals surface area contributed by atoms with Gasteiger partial charge in [0, 0.05) is 6.54 Å². The van der Waals surface area contributed by atoms with Crippen molar-refractivity contribution in [3.8, 4) is 0 Å². The lowest BCUT2D eigenvalue weighted by molar-refractivity contribution is -0.128. The highest BCUT2D eigenvalue weighted by Gasteiger charge is 2.28. The molecule has 1 aliphatic rings. The molecule has 1 saturated carbocycles. The molecule has 0 aliphatic heterocycles. The highest BCUT2D eigenvalue weighted by atomic mass is 16.3. The molecule has 1 fully saturated rings. The number of nitrogens with one attached hydrogen (secondary N) is 1. The number of carbonyl (C=O) groups excluding carboxylic acids is 2. The van der Waals surface area contributed by atoms with Crippen LogP contribution in [0.3, 0.4) is 0 Å². The highest BCUT2D eigenvalue weighted by Crippen LogP contribution is 2.27. The van der Waals surface area contributed by atoms with Gasteiger partial charge in [-0.25, -0.2) is 0 Å². The van der Waals surface area contributed by atoms with Crippen molar-refractivity contribution in [2.45, 2.75) is 45.8 Å². The summed E-state index contributed by atoms with van der Waals surface area (Å²) < 4.78 is 0. The summed E-state index contributed by atoms with van der Waals surface area (Å²) in [5.41, 5.74) is 0. The third-order valence-electron chi connectivity index (χ3n) is 3.62. The van der Waals surface area contributed by atoms with Crippen LogP contribution in [0.4, 0.5) is 0 Å². The zero-order valence-corrected chi connectivity index (χ0v) is 12.3. The van der Waals surface area contributed by atoms with Gasteiger partial charge in [-0.3, -0.25) is 14.5 Å². The van der Waals surface area contributed by atoms with Gasteiger partial charge in [-0.05, 0) is 38.6 Å². The van der Waals surface area contributed by atoms with Gasteiger partial charge in [0.25, 0.3) is 0 Å². The van der Waals surface area contributed by atoms with Crippen molar-refractivity contribution in [3.63, 3.8) is 0 Å². The van der Waals surface area contributed by atoms with Gasteiger partial charge in [0.1, 0.15) is 0 Å². The largest absolute Gasteiger partial charge is 0.393 e. The summed E-state index contributed by atoms with van der Waals surface area (Å²) in [5, 5.41) is 12.0. The molecule has 1 amide bonds. The lowest BCUT2D eigenvalue weighted by atomic mass is 9.82. The van der Waals surface area contributed by atoms with E-state index in [0.29, 0.717) is 12.5 Å². The molecule has 0 bridgehead atoms. The van der Waals surface area contributed by atoms with Crippen LogP contribution in [0.15, 0.2) is 0 Å². The van der Waals surface area contributed by atoms with E-state index in [4.69, 9.17) is 0 Å². The average molecular weight is 270 g/mol. The van der Waals surface area contributed by atoms with Crippen molar-refractivity contribution in [3.05, 3.63) is 0 Å². The van der Waals surface area contributed by atoms with Crippen LogP contribution in [0.5, 0.6) is 0 Å². The molecule has 110 valence electrons. The number of Topliss-reactive ketones (excluding diaryl/α,β-unsaturated/α-hetero) is 1. The van der Waals surface area contributed by atoms with E-state index in [2.05, 4.69) is 5.32 Å². The molecular weight excluding hydrogens is 244 g/mol. The maximum atomic E-state index is 11.9. The maximum absolute atomic E-state index is 11.9. The number of hydrogen-bond acceptors (Lipinski definition) is 4. The smallest absolute Gasteiger partial charge is 0.234 e. The van der Waals surface area contributed by atoms with E-state index < -0.39 is 6.04 Å². The molecule has 0 spiro atoms. The van der Waals surface area contributed by atoms with Gasteiger partial charge in [0.05, 0.1) is 18.7 Å². The Morgan fingerprint density at radius 1 is 1.37 bits per heavy atom. The second-order valence-electron chi connectivity index (χ2n) is 6.09. The summed E-state index contributed by atoms with van der Waals surface area (Å²) in [6, 6.07) is -0.397. The maximum Gasteiger partial charge on any atom is 0.234 e. The molecule has 0 heterocycles. The topological polar surface area (TPSA) is 69.6 Å². The number of nitrogens with zero attached hydrogens (tertiary/aromatic N) is 1. The highest BCUT2D eigenvalue weighted by molar-refractivity contribution is 5.88. The van der Waals surface area contributed by atoms with Crippen LogP contribution >= 0.6 is 0 Å². The van der Waals surface area contributed by atoms with E-state index in [1.54, 1.807) is 0 Å². The number of rotatable bonds is 7. The number of hydrogen-bond donors (Lipinski definition) is 2. The van der Waals surface area contributed by atoms with E-state index in [1.807, 2.05) is 25.8 Å². The van der Waals surface area contributed by atoms with Crippen LogP contribution in [0.2, 0.25) is 0 Å². The van der Waals surface area contributed by atoms with Crippen LogP contribution in [0.1, 0.15) is 33.6 Å².